The lowest BCUT2D eigenvalue weighted by Crippen LogP contribution is -2.02. The Morgan fingerprint density at radius 2 is 2.00 bits per heavy atom. The SMILES string of the molecule is C=CC=C(C=C(C)C)C(=O)OC. The van der Waals surface area contributed by atoms with Crippen molar-refractivity contribution in [3.8, 4) is 0 Å². The molecule has 0 bridgehead atoms. The highest BCUT2D eigenvalue weighted by Crippen LogP contribution is 2.04. The molecule has 0 aliphatic rings. The van der Waals surface area contributed by atoms with E-state index in [0.29, 0.717) is 5.57 Å². The third-order valence-electron chi connectivity index (χ3n) is 1.16. The van der Waals surface area contributed by atoms with Crippen LogP contribution in [0.4, 0.5) is 0 Å². The summed E-state index contributed by atoms with van der Waals surface area (Å²) in [7, 11) is 1.36. The van der Waals surface area contributed by atoms with Gasteiger partial charge in [-0.3, -0.25) is 0 Å². The van der Waals surface area contributed by atoms with Crippen molar-refractivity contribution in [3.05, 3.63) is 36.0 Å². The fraction of sp³-hybridized carbons (Fsp3) is 0.300. The molecule has 0 atom stereocenters. The smallest absolute Gasteiger partial charge is 0.337 e. The molecule has 0 aromatic heterocycles. The summed E-state index contributed by atoms with van der Waals surface area (Å²) in [6, 6.07) is 0. The molecule has 0 aromatic carbocycles. The van der Waals surface area contributed by atoms with Gasteiger partial charge in [-0.2, -0.15) is 0 Å². The van der Waals surface area contributed by atoms with Gasteiger partial charge in [-0.05, 0) is 26.0 Å². The molecule has 0 fully saturated rings. The molecule has 0 aliphatic heterocycles. The first-order chi connectivity index (χ1) is 5.61. The second-order valence-corrected chi connectivity index (χ2v) is 2.57. The van der Waals surface area contributed by atoms with Crippen LogP contribution < -0.4 is 0 Å². The fourth-order valence-corrected chi connectivity index (χ4v) is 0.731. The molecule has 0 aliphatic carbocycles. The zero-order valence-electron chi connectivity index (χ0n) is 7.76. The summed E-state index contributed by atoms with van der Waals surface area (Å²) in [5, 5.41) is 0. The Morgan fingerprint density at radius 3 is 2.33 bits per heavy atom. The van der Waals surface area contributed by atoms with E-state index in [0.717, 1.165) is 5.57 Å². The van der Waals surface area contributed by atoms with E-state index < -0.39 is 0 Å². The Balaban J connectivity index is 4.68. The first kappa shape index (κ1) is 10.7. The minimum absolute atomic E-state index is 0.337. The molecular weight excluding hydrogens is 152 g/mol. The maximum absolute atomic E-state index is 11.1. The minimum Gasteiger partial charge on any atom is -0.465 e. The monoisotopic (exact) mass is 166 g/mol. The lowest BCUT2D eigenvalue weighted by molar-refractivity contribution is -0.135. The van der Waals surface area contributed by atoms with Crippen molar-refractivity contribution < 1.29 is 9.53 Å². The Morgan fingerprint density at radius 1 is 1.42 bits per heavy atom. The summed E-state index contributed by atoms with van der Waals surface area (Å²) in [5.74, 6) is -0.337. The topological polar surface area (TPSA) is 26.3 Å². The second kappa shape index (κ2) is 5.35. The van der Waals surface area contributed by atoms with Crippen molar-refractivity contribution >= 4 is 5.97 Å². The number of carbonyl (C=O) groups is 1. The van der Waals surface area contributed by atoms with Gasteiger partial charge in [-0.1, -0.05) is 18.2 Å². The van der Waals surface area contributed by atoms with E-state index in [1.54, 1.807) is 18.2 Å². The van der Waals surface area contributed by atoms with Crippen LogP contribution in [-0.4, -0.2) is 13.1 Å². The molecule has 0 aromatic rings. The summed E-state index contributed by atoms with van der Waals surface area (Å²) >= 11 is 0. The molecular formula is C10H14O2. The Bertz CT molecular complexity index is 230. The molecule has 0 saturated carbocycles. The first-order valence-electron chi connectivity index (χ1n) is 3.67. The predicted octanol–water partition coefficient (Wildman–Crippen LogP) is 2.24. The molecule has 12 heavy (non-hydrogen) atoms. The van der Waals surface area contributed by atoms with Gasteiger partial charge in [0, 0.05) is 0 Å². The van der Waals surface area contributed by atoms with Crippen LogP contribution in [0.5, 0.6) is 0 Å². The highest BCUT2D eigenvalue weighted by Gasteiger charge is 2.03. The third-order valence-corrected chi connectivity index (χ3v) is 1.16. The number of hydrogen-bond acceptors (Lipinski definition) is 2. The van der Waals surface area contributed by atoms with Crippen molar-refractivity contribution in [2.24, 2.45) is 0 Å². The van der Waals surface area contributed by atoms with E-state index >= 15 is 0 Å². The first-order valence-corrected chi connectivity index (χ1v) is 3.67. The van der Waals surface area contributed by atoms with Crippen LogP contribution in [0.1, 0.15) is 13.8 Å². The molecule has 0 heterocycles. The van der Waals surface area contributed by atoms with Crippen LogP contribution in [-0.2, 0) is 9.53 Å². The standard InChI is InChI=1S/C10H14O2/c1-5-6-9(7-8(2)3)10(11)12-4/h5-7H,1H2,2-4H3. The van der Waals surface area contributed by atoms with E-state index in [9.17, 15) is 4.79 Å². The molecule has 0 amide bonds. The summed E-state index contributed by atoms with van der Waals surface area (Å²) in [4.78, 5) is 11.1. The number of ether oxygens (including phenoxy) is 1. The summed E-state index contributed by atoms with van der Waals surface area (Å²) in [6.45, 7) is 7.34. The predicted molar refractivity (Wildman–Crippen MR) is 49.7 cm³/mol. The summed E-state index contributed by atoms with van der Waals surface area (Å²) < 4.78 is 4.57. The van der Waals surface area contributed by atoms with Gasteiger partial charge in [0.2, 0.25) is 0 Å². The Hall–Kier alpha value is -1.31. The van der Waals surface area contributed by atoms with Crippen molar-refractivity contribution in [1.82, 2.24) is 0 Å². The second-order valence-electron chi connectivity index (χ2n) is 2.57. The molecule has 0 spiro atoms. The number of carbonyl (C=O) groups excluding carboxylic acids is 1. The average molecular weight is 166 g/mol. The van der Waals surface area contributed by atoms with Crippen LogP contribution in [0, 0.1) is 0 Å². The van der Waals surface area contributed by atoms with Crippen molar-refractivity contribution in [2.45, 2.75) is 13.8 Å². The highest BCUT2D eigenvalue weighted by molar-refractivity contribution is 5.91. The van der Waals surface area contributed by atoms with Crippen molar-refractivity contribution in [1.29, 1.82) is 0 Å². The van der Waals surface area contributed by atoms with Crippen molar-refractivity contribution in [3.63, 3.8) is 0 Å². The van der Waals surface area contributed by atoms with Crippen LogP contribution in [0.15, 0.2) is 36.0 Å². The lowest BCUT2D eigenvalue weighted by Gasteiger charge is -1.98. The molecule has 0 unspecified atom stereocenters. The molecule has 2 heteroatoms. The quantitative estimate of drug-likeness (QED) is 0.365. The molecule has 66 valence electrons. The highest BCUT2D eigenvalue weighted by atomic mass is 16.5. The van der Waals surface area contributed by atoms with E-state index in [1.807, 2.05) is 13.8 Å². The van der Waals surface area contributed by atoms with Gasteiger partial charge in [0.25, 0.3) is 0 Å². The van der Waals surface area contributed by atoms with Gasteiger partial charge < -0.3 is 4.74 Å². The maximum Gasteiger partial charge on any atom is 0.337 e. The van der Waals surface area contributed by atoms with Gasteiger partial charge in [0.1, 0.15) is 0 Å². The Labute approximate surface area is 73.2 Å². The average Bonchev–Trinajstić information content (AvgIpc) is 2.01. The number of hydrogen-bond donors (Lipinski definition) is 0. The van der Waals surface area contributed by atoms with E-state index in [4.69, 9.17) is 0 Å². The summed E-state index contributed by atoms with van der Waals surface area (Å²) in [6.07, 6.45) is 4.94. The number of methoxy groups -OCH3 is 1. The van der Waals surface area contributed by atoms with Crippen LogP contribution in [0.2, 0.25) is 0 Å². The molecule has 0 N–H and O–H groups in total. The lowest BCUT2D eigenvalue weighted by atomic mass is 10.2. The summed E-state index contributed by atoms with van der Waals surface area (Å²) in [5.41, 5.74) is 1.57. The zero-order valence-corrected chi connectivity index (χ0v) is 7.76. The molecule has 0 saturated heterocycles. The Kier molecular flexibility index (Phi) is 4.77. The zero-order chi connectivity index (χ0) is 9.56. The van der Waals surface area contributed by atoms with Gasteiger partial charge in [-0.25, -0.2) is 4.79 Å². The van der Waals surface area contributed by atoms with Crippen LogP contribution in [0.25, 0.3) is 0 Å². The van der Waals surface area contributed by atoms with E-state index in [-0.39, 0.29) is 5.97 Å². The van der Waals surface area contributed by atoms with E-state index in [1.165, 1.54) is 7.11 Å². The van der Waals surface area contributed by atoms with Gasteiger partial charge >= 0.3 is 5.97 Å². The molecule has 2 nitrogen and oxygen atoms in total. The maximum atomic E-state index is 11.1. The largest absolute Gasteiger partial charge is 0.465 e. The number of allylic oxidation sites excluding steroid dienone is 3. The van der Waals surface area contributed by atoms with Crippen LogP contribution in [0.3, 0.4) is 0 Å². The normalized spacial score (nSPS) is 10.4. The van der Waals surface area contributed by atoms with Crippen molar-refractivity contribution in [2.75, 3.05) is 7.11 Å². The fourth-order valence-electron chi connectivity index (χ4n) is 0.731. The van der Waals surface area contributed by atoms with Crippen LogP contribution >= 0.6 is 0 Å². The molecule has 0 radical (unpaired) electrons. The van der Waals surface area contributed by atoms with Gasteiger partial charge in [-0.15, -0.1) is 0 Å². The molecule has 0 rings (SSSR count). The minimum atomic E-state index is -0.337. The third kappa shape index (κ3) is 3.76. The van der Waals surface area contributed by atoms with E-state index in [2.05, 4.69) is 11.3 Å². The number of rotatable bonds is 3. The number of esters is 1. The van der Waals surface area contributed by atoms with Gasteiger partial charge in [0.15, 0.2) is 0 Å². The van der Waals surface area contributed by atoms with Gasteiger partial charge in [0.05, 0.1) is 12.7 Å².